The van der Waals surface area contributed by atoms with E-state index in [0.717, 1.165) is 16.7 Å². The zero-order valence-electron chi connectivity index (χ0n) is 8.99. The Hall–Kier alpha value is -1.11. The van der Waals surface area contributed by atoms with Gasteiger partial charge in [-0.3, -0.25) is 4.79 Å². The van der Waals surface area contributed by atoms with Crippen molar-refractivity contribution in [3.8, 4) is 0 Å². The predicted molar refractivity (Wildman–Crippen MR) is 55.4 cm³/mol. The van der Waals surface area contributed by atoms with Crippen molar-refractivity contribution in [3.63, 3.8) is 0 Å². The molecule has 70 valence electrons. The molecule has 0 amide bonds. The topological polar surface area (TPSA) is 17.1 Å². The molecule has 1 aromatic carbocycles. The molecule has 0 atom stereocenters. The Morgan fingerprint density at radius 3 is 2.00 bits per heavy atom. The first-order valence-electron chi connectivity index (χ1n) is 4.53. The third-order valence-electron chi connectivity index (χ3n) is 2.71. The van der Waals surface area contributed by atoms with E-state index < -0.39 is 0 Å². The zero-order chi connectivity index (χ0) is 10.2. The number of hydrogen-bond donors (Lipinski definition) is 0. The molecular weight excluding hydrogens is 160 g/mol. The van der Waals surface area contributed by atoms with Gasteiger partial charge >= 0.3 is 0 Å². The van der Waals surface area contributed by atoms with Gasteiger partial charge in [-0.25, -0.2) is 0 Å². The summed E-state index contributed by atoms with van der Waals surface area (Å²) in [5.74, 6) is 0.165. The largest absolute Gasteiger partial charge is 0.294 e. The maximum atomic E-state index is 11.4. The van der Waals surface area contributed by atoms with Crippen molar-refractivity contribution in [1.82, 2.24) is 0 Å². The zero-order valence-corrected chi connectivity index (χ0v) is 8.99. The standard InChI is InChI=1S/C12H16O/c1-7-6-8(2)12(11(5)13)10(4)9(7)3/h6H,1-5H3. The van der Waals surface area contributed by atoms with Crippen LogP contribution in [0.4, 0.5) is 0 Å². The lowest BCUT2D eigenvalue weighted by Crippen LogP contribution is -2.03. The highest BCUT2D eigenvalue weighted by atomic mass is 16.1. The molecule has 13 heavy (non-hydrogen) atoms. The number of ketones is 1. The number of carbonyl (C=O) groups is 1. The number of carbonyl (C=O) groups excluding carboxylic acids is 1. The molecule has 1 rings (SSSR count). The van der Waals surface area contributed by atoms with Gasteiger partial charge in [-0.1, -0.05) is 6.07 Å². The smallest absolute Gasteiger partial charge is 0.160 e. The van der Waals surface area contributed by atoms with Gasteiger partial charge in [0.15, 0.2) is 5.78 Å². The molecule has 1 aromatic rings. The van der Waals surface area contributed by atoms with Crippen LogP contribution < -0.4 is 0 Å². The van der Waals surface area contributed by atoms with Crippen LogP contribution in [0.25, 0.3) is 0 Å². The first-order chi connectivity index (χ1) is 5.95. The molecule has 0 unspecified atom stereocenters. The summed E-state index contributed by atoms with van der Waals surface area (Å²) in [6.45, 7) is 9.79. The van der Waals surface area contributed by atoms with Gasteiger partial charge in [-0.2, -0.15) is 0 Å². The highest BCUT2D eigenvalue weighted by molar-refractivity contribution is 5.97. The van der Waals surface area contributed by atoms with Crippen LogP contribution in [0, 0.1) is 27.7 Å². The minimum Gasteiger partial charge on any atom is -0.294 e. The molecule has 0 radical (unpaired) electrons. The summed E-state index contributed by atoms with van der Waals surface area (Å²) in [4.78, 5) is 11.4. The monoisotopic (exact) mass is 176 g/mol. The van der Waals surface area contributed by atoms with Gasteiger partial charge in [-0.15, -0.1) is 0 Å². The minimum atomic E-state index is 0.165. The molecule has 1 heteroatoms. The highest BCUT2D eigenvalue weighted by Gasteiger charge is 2.10. The van der Waals surface area contributed by atoms with Crippen LogP contribution in [-0.2, 0) is 0 Å². The van der Waals surface area contributed by atoms with E-state index in [0.29, 0.717) is 0 Å². The second kappa shape index (κ2) is 3.33. The molecule has 0 aliphatic heterocycles. The normalized spacial score (nSPS) is 10.2. The maximum Gasteiger partial charge on any atom is 0.160 e. The quantitative estimate of drug-likeness (QED) is 0.601. The van der Waals surface area contributed by atoms with Crippen molar-refractivity contribution in [3.05, 3.63) is 33.9 Å². The van der Waals surface area contributed by atoms with E-state index in [-0.39, 0.29) is 5.78 Å². The maximum absolute atomic E-state index is 11.4. The van der Waals surface area contributed by atoms with Crippen LogP contribution in [0.2, 0.25) is 0 Å². The molecule has 1 nitrogen and oxygen atoms in total. The number of hydrogen-bond acceptors (Lipinski definition) is 1. The first kappa shape index (κ1) is 9.97. The molecule has 0 aliphatic rings. The van der Waals surface area contributed by atoms with E-state index in [1.807, 2.05) is 13.8 Å². The molecule has 0 saturated heterocycles. The fraction of sp³-hybridized carbons (Fsp3) is 0.417. The van der Waals surface area contributed by atoms with Crippen molar-refractivity contribution >= 4 is 5.78 Å². The second-order valence-electron chi connectivity index (χ2n) is 3.69. The van der Waals surface area contributed by atoms with Gasteiger partial charge in [0.25, 0.3) is 0 Å². The van der Waals surface area contributed by atoms with E-state index in [1.54, 1.807) is 6.92 Å². The Labute approximate surface area is 79.8 Å². The van der Waals surface area contributed by atoms with Gasteiger partial charge in [0.1, 0.15) is 0 Å². The van der Waals surface area contributed by atoms with E-state index in [9.17, 15) is 4.79 Å². The van der Waals surface area contributed by atoms with E-state index >= 15 is 0 Å². The molecule has 0 saturated carbocycles. The summed E-state index contributed by atoms with van der Waals surface area (Å²) in [7, 11) is 0. The summed E-state index contributed by atoms with van der Waals surface area (Å²) in [5.41, 5.74) is 5.61. The summed E-state index contributed by atoms with van der Waals surface area (Å²) in [5, 5.41) is 0. The lowest BCUT2D eigenvalue weighted by Gasteiger charge is -2.12. The van der Waals surface area contributed by atoms with Crippen LogP contribution >= 0.6 is 0 Å². The fourth-order valence-corrected chi connectivity index (χ4v) is 1.83. The van der Waals surface area contributed by atoms with Crippen molar-refractivity contribution < 1.29 is 4.79 Å². The SMILES string of the molecule is CC(=O)c1c(C)cc(C)c(C)c1C. The summed E-state index contributed by atoms with van der Waals surface area (Å²) >= 11 is 0. The van der Waals surface area contributed by atoms with Crippen LogP contribution in [0.5, 0.6) is 0 Å². The van der Waals surface area contributed by atoms with Crippen molar-refractivity contribution in [2.45, 2.75) is 34.6 Å². The van der Waals surface area contributed by atoms with Gasteiger partial charge < -0.3 is 0 Å². The molecular formula is C12H16O. The highest BCUT2D eigenvalue weighted by Crippen LogP contribution is 2.21. The van der Waals surface area contributed by atoms with E-state index in [1.165, 1.54) is 11.1 Å². The Kier molecular flexibility index (Phi) is 2.55. The Balaban J connectivity index is 3.53. The summed E-state index contributed by atoms with van der Waals surface area (Å²) in [6, 6.07) is 2.08. The molecule has 0 fully saturated rings. The second-order valence-corrected chi connectivity index (χ2v) is 3.69. The Morgan fingerprint density at radius 1 is 1.00 bits per heavy atom. The molecule has 0 aliphatic carbocycles. The fourth-order valence-electron chi connectivity index (χ4n) is 1.83. The summed E-state index contributed by atoms with van der Waals surface area (Å²) < 4.78 is 0. The predicted octanol–water partition coefficient (Wildman–Crippen LogP) is 3.12. The van der Waals surface area contributed by atoms with Crippen LogP contribution in [0.15, 0.2) is 6.07 Å². The van der Waals surface area contributed by atoms with Crippen molar-refractivity contribution in [1.29, 1.82) is 0 Å². The minimum absolute atomic E-state index is 0.165. The van der Waals surface area contributed by atoms with Crippen molar-refractivity contribution in [2.24, 2.45) is 0 Å². The molecule has 0 N–H and O–H groups in total. The van der Waals surface area contributed by atoms with E-state index in [2.05, 4.69) is 19.9 Å². The van der Waals surface area contributed by atoms with Gasteiger partial charge in [0, 0.05) is 5.56 Å². The third-order valence-corrected chi connectivity index (χ3v) is 2.71. The third kappa shape index (κ3) is 1.64. The molecule has 0 bridgehead atoms. The van der Waals surface area contributed by atoms with E-state index in [4.69, 9.17) is 0 Å². The number of Topliss-reactive ketones (excluding diaryl/α,β-unsaturated/α-hetero) is 1. The Morgan fingerprint density at radius 2 is 1.54 bits per heavy atom. The van der Waals surface area contributed by atoms with Crippen LogP contribution in [0.3, 0.4) is 0 Å². The number of rotatable bonds is 1. The molecule has 0 heterocycles. The first-order valence-corrected chi connectivity index (χ1v) is 4.53. The van der Waals surface area contributed by atoms with Gasteiger partial charge in [0.05, 0.1) is 0 Å². The van der Waals surface area contributed by atoms with Crippen LogP contribution in [0.1, 0.15) is 39.5 Å². The van der Waals surface area contributed by atoms with Crippen LogP contribution in [-0.4, -0.2) is 5.78 Å². The lowest BCUT2D eigenvalue weighted by atomic mass is 9.92. The summed E-state index contributed by atoms with van der Waals surface area (Å²) in [6.07, 6.45) is 0. The molecule has 0 spiro atoms. The average Bonchev–Trinajstić information content (AvgIpc) is 1.99. The number of aryl methyl sites for hydroxylation is 2. The lowest BCUT2D eigenvalue weighted by molar-refractivity contribution is 0.101. The van der Waals surface area contributed by atoms with Gasteiger partial charge in [-0.05, 0) is 56.9 Å². The average molecular weight is 176 g/mol. The Bertz CT molecular complexity index is 362. The number of benzene rings is 1. The van der Waals surface area contributed by atoms with Gasteiger partial charge in [0.2, 0.25) is 0 Å². The van der Waals surface area contributed by atoms with Crippen molar-refractivity contribution in [2.75, 3.05) is 0 Å². The molecule has 0 aromatic heterocycles.